The lowest BCUT2D eigenvalue weighted by Crippen LogP contribution is -2.28. The third kappa shape index (κ3) is 3.30. The molecule has 3 nitrogen and oxygen atoms in total. The fraction of sp³-hybridized carbons (Fsp3) is 0.500. The van der Waals surface area contributed by atoms with Gasteiger partial charge in [-0.3, -0.25) is 0 Å². The molecule has 1 fully saturated rings. The van der Waals surface area contributed by atoms with E-state index in [1.165, 1.54) is 15.6 Å². The van der Waals surface area contributed by atoms with E-state index in [-0.39, 0.29) is 0 Å². The normalized spacial score (nSPS) is 22.6. The van der Waals surface area contributed by atoms with E-state index in [9.17, 15) is 8.42 Å². The number of rotatable bonds is 5. The molecule has 2 aromatic rings. The summed E-state index contributed by atoms with van der Waals surface area (Å²) in [5.41, 5.74) is 1.36. The summed E-state index contributed by atoms with van der Waals surface area (Å²) in [4.78, 5) is 0. The van der Waals surface area contributed by atoms with E-state index in [0.29, 0.717) is 23.3 Å². The Morgan fingerprint density at radius 2 is 2.19 bits per heavy atom. The van der Waals surface area contributed by atoms with Crippen molar-refractivity contribution in [1.29, 1.82) is 0 Å². The van der Waals surface area contributed by atoms with Crippen molar-refractivity contribution in [2.24, 2.45) is 11.8 Å². The molecule has 0 bridgehead atoms. The lowest BCUT2D eigenvalue weighted by Gasteiger charge is -2.22. The highest BCUT2D eigenvalue weighted by atomic mass is 32.2. The molecule has 0 aliphatic carbocycles. The number of hydrogen-bond acceptors (Lipinski definition) is 4. The van der Waals surface area contributed by atoms with Gasteiger partial charge in [-0.1, -0.05) is 18.2 Å². The van der Waals surface area contributed by atoms with Crippen molar-refractivity contribution in [3.05, 3.63) is 35.2 Å². The van der Waals surface area contributed by atoms with Gasteiger partial charge in [0.15, 0.2) is 9.84 Å². The summed E-state index contributed by atoms with van der Waals surface area (Å²) in [6.45, 7) is 0.879. The van der Waals surface area contributed by atoms with E-state index in [1.807, 2.05) is 7.05 Å². The molecule has 2 unspecified atom stereocenters. The highest BCUT2D eigenvalue weighted by Crippen LogP contribution is 2.32. The highest BCUT2D eigenvalue weighted by molar-refractivity contribution is 7.91. The summed E-state index contributed by atoms with van der Waals surface area (Å²) in [5, 5.41) is 6.80. The Balaban J connectivity index is 1.82. The molecule has 0 amide bonds. The molecule has 1 aromatic carbocycles. The van der Waals surface area contributed by atoms with Crippen LogP contribution in [0.25, 0.3) is 10.1 Å². The molecule has 1 aliphatic rings. The van der Waals surface area contributed by atoms with Crippen molar-refractivity contribution < 1.29 is 8.42 Å². The molecular formula is C16H21NO2S2. The van der Waals surface area contributed by atoms with Crippen LogP contribution < -0.4 is 5.32 Å². The average Bonchev–Trinajstić information content (AvgIpc) is 3.02. The Labute approximate surface area is 130 Å². The minimum atomic E-state index is -2.81. The fourth-order valence-electron chi connectivity index (χ4n) is 3.34. The molecule has 1 aromatic heterocycles. The number of sulfone groups is 1. The number of fused-ring (bicyclic) bond motifs is 1. The van der Waals surface area contributed by atoms with E-state index in [2.05, 4.69) is 35.0 Å². The van der Waals surface area contributed by atoms with E-state index in [1.54, 1.807) is 11.3 Å². The summed E-state index contributed by atoms with van der Waals surface area (Å²) in [5.74, 6) is 1.41. The largest absolute Gasteiger partial charge is 0.319 e. The van der Waals surface area contributed by atoms with Gasteiger partial charge in [0.1, 0.15) is 0 Å². The van der Waals surface area contributed by atoms with Gasteiger partial charge in [0.25, 0.3) is 0 Å². The smallest absolute Gasteiger partial charge is 0.150 e. The second-order valence-electron chi connectivity index (χ2n) is 5.94. The molecule has 0 spiro atoms. The molecule has 1 aliphatic heterocycles. The van der Waals surface area contributed by atoms with Crippen LogP contribution in [0.15, 0.2) is 29.6 Å². The highest BCUT2D eigenvalue weighted by Gasteiger charge is 2.33. The zero-order chi connectivity index (χ0) is 14.9. The van der Waals surface area contributed by atoms with Crippen LogP contribution in [0.1, 0.15) is 12.0 Å². The Hall–Kier alpha value is -0.910. The fourth-order valence-corrected chi connectivity index (χ4v) is 6.23. The maximum atomic E-state index is 11.7. The molecule has 0 saturated carbocycles. The lowest BCUT2D eigenvalue weighted by atomic mass is 9.86. The Morgan fingerprint density at radius 3 is 2.90 bits per heavy atom. The van der Waals surface area contributed by atoms with Crippen LogP contribution in [0.2, 0.25) is 0 Å². The summed E-state index contributed by atoms with van der Waals surface area (Å²) in [6.07, 6.45) is 1.78. The van der Waals surface area contributed by atoms with E-state index >= 15 is 0 Å². The van der Waals surface area contributed by atoms with Crippen molar-refractivity contribution in [3.8, 4) is 0 Å². The van der Waals surface area contributed by atoms with Crippen LogP contribution >= 0.6 is 11.3 Å². The number of thiophene rings is 1. The van der Waals surface area contributed by atoms with Gasteiger partial charge in [0.05, 0.1) is 11.5 Å². The molecular weight excluding hydrogens is 302 g/mol. The first-order valence-corrected chi connectivity index (χ1v) is 10.1. The molecule has 2 heterocycles. The van der Waals surface area contributed by atoms with Crippen LogP contribution in [-0.2, 0) is 16.3 Å². The molecule has 1 N–H and O–H groups in total. The van der Waals surface area contributed by atoms with Crippen molar-refractivity contribution in [3.63, 3.8) is 0 Å². The van der Waals surface area contributed by atoms with Gasteiger partial charge in [0, 0.05) is 4.70 Å². The maximum Gasteiger partial charge on any atom is 0.150 e. The summed E-state index contributed by atoms with van der Waals surface area (Å²) >= 11 is 1.78. The molecule has 21 heavy (non-hydrogen) atoms. The summed E-state index contributed by atoms with van der Waals surface area (Å²) < 4.78 is 24.8. The van der Waals surface area contributed by atoms with Crippen LogP contribution in [0.3, 0.4) is 0 Å². The van der Waals surface area contributed by atoms with Gasteiger partial charge in [-0.25, -0.2) is 8.42 Å². The van der Waals surface area contributed by atoms with E-state index in [0.717, 1.165) is 19.4 Å². The molecule has 114 valence electrons. The maximum absolute atomic E-state index is 11.7. The second kappa shape index (κ2) is 6.07. The number of hydrogen-bond donors (Lipinski definition) is 1. The monoisotopic (exact) mass is 323 g/mol. The second-order valence-corrected chi connectivity index (χ2v) is 9.08. The van der Waals surface area contributed by atoms with Crippen LogP contribution in [-0.4, -0.2) is 33.5 Å². The molecule has 2 atom stereocenters. The zero-order valence-electron chi connectivity index (χ0n) is 12.2. The Bertz CT molecular complexity index is 721. The minimum Gasteiger partial charge on any atom is -0.319 e. The number of benzene rings is 1. The Kier molecular flexibility index (Phi) is 4.33. The van der Waals surface area contributed by atoms with Crippen molar-refractivity contribution in [1.82, 2.24) is 5.32 Å². The topological polar surface area (TPSA) is 46.2 Å². The van der Waals surface area contributed by atoms with Crippen LogP contribution in [0, 0.1) is 11.8 Å². The molecule has 0 radical (unpaired) electrons. The zero-order valence-corrected chi connectivity index (χ0v) is 13.8. The first-order valence-electron chi connectivity index (χ1n) is 7.39. The predicted molar refractivity (Wildman–Crippen MR) is 89.7 cm³/mol. The predicted octanol–water partition coefficient (Wildman–Crippen LogP) is 2.71. The van der Waals surface area contributed by atoms with Gasteiger partial charge < -0.3 is 5.32 Å². The van der Waals surface area contributed by atoms with Gasteiger partial charge >= 0.3 is 0 Å². The Morgan fingerprint density at radius 1 is 1.38 bits per heavy atom. The standard InChI is InChI=1S/C16H21NO2S2/c1-17-9-13(12-6-7-21(18,19)11-12)8-14-10-20-16-5-3-2-4-15(14)16/h2-5,10,12-13,17H,6-9,11H2,1H3. The van der Waals surface area contributed by atoms with Crippen LogP contribution in [0.4, 0.5) is 0 Å². The van der Waals surface area contributed by atoms with Gasteiger partial charge in [-0.2, -0.15) is 0 Å². The number of nitrogens with one attached hydrogen (secondary N) is 1. The SMILES string of the molecule is CNCC(Cc1csc2ccccc12)C1CCS(=O)(=O)C1. The van der Waals surface area contributed by atoms with Crippen molar-refractivity contribution in [2.45, 2.75) is 12.8 Å². The minimum absolute atomic E-state index is 0.293. The summed E-state index contributed by atoms with van der Waals surface area (Å²) in [6, 6.07) is 8.46. The first-order chi connectivity index (χ1) is 10.1. The van der Waals surface area contributed by atoms with E-state index in [4.69, 9.17) is 0 Å². The van der Waals surface area contributed by atoms with Gasteiger partial charge in [0.2, 0.25) is 0 Å². The molecule has 3 rings (SSSR count). The van der Waals surface area contributed by atoms with Gasteiger partial charge in [-0.05, 0) is 60.7 Å². The third-order valence-electron chi connectivity index (χ3n) is 4.44. The van der Waals surface area contributed by atoms with Crippen molar-refractivity contribution >= 4 is 31.3 Å². The average molecular weight is 323 g/mol. The first kappa shape index (κ1) is 15.0. The van der Waals surface area contributed by atoms with Gasteiger partial charge in [-0.15, -0.1) is 11.3 Å². The molecule has 5 heteroatoms. The molecule has 1 saturated heterocycles. The lowest BCUT2D eigenvalue weighted by molar-refractivity contribution is 0.353. The van der Waals surface area contributed by atoms with Crippen LogP contribution in [0.5, 0.6) is 0 Å². The third-order valence-corrected chi connectivity index (χ3v) is 7.25. The quantitative estimate of drug-likeness (QED) is 0.920. The summed E-state index contributed by atoms with van der Waals surface area (Å²) in [7, 11) is -0.859. The van der Waals surface area contributed by atoms with E-state index < -0.39 is 9.84 Å². The van der Waals surface area contributed by atoms with Crippen molar-refractivity contribution in [2.75, 3.05) is 25.1 Å².